The zero-order chi connectivity index (χ0) is 16.4. The predicted molar refractivity (Wildman–Crippen MR) is 90.2 cm³/mol. The standard InChI is InChI=1S/C17H18ClN3O2/c1-2-10-21-15(22)9-8-14(19-21)17(23)20-11-4-6-12-5-3-7-13(18)16(12)20/h3,5,7-9H,2,4,6,10-11H2,1H3. The summed E-state index contributed by atoms with van der Waals surface area (Å²) in [5.41, 5.74) is 1.91. The summed E-state index contributed by atoms with van der Waals surface area (Å²) in [7, 11) is 0. The van der Waals surface area contributed by atoms with E-state index < -0.39 is 0 Å². The SMILES string of the molecule is CCCn1nc(C(=O)N2CCCc3cccc(Cl)c32)ccc1=O. The minimum atomic E-state index is -0.219. The molecule has 0 saturated heterocycles. The number of carbonyl (C=O) groups is 1. The molecule has 0 unspecified atom stereocenters. The zero-order valence-electron chi connectivity index (χ0n) is 13.0. The van der Waals surface area contributed by atoms with E-state index in [0.717, 1.165) is 30.5 Å². The number of hydrogen-bond acceptors (Lipinski definition) is 3. The third-order valence-corrected chi connectivity index (χ3v) is 4.24. The normalized spacial score (nSPS) is 13.7. The molecule has 1 amide bonds. The van der Waals surface area contributed by atoms with Gasteiger partial charge in [0.2, 0.25) is 0 Å². The number of benzene rings is 1. The van der Waals surface area contributed by atoms with E-state index in [9.17, 15) is 9.59 Å². The molecular weight excluding hydrogens is 314 g/mol. The Morgan fingerprint density at radius 3 is 2.91 bits per heavy atom. The van der Waals surface area contributed by atoms with Crippen molar-refractivity contribution in [2.75, 3.05) is 11.4 Å². The van der Waals surface area contributed by atoms with Gasteiger partial charge in [-0.05, 0) is 37.0 Å². The van der Waals surface area contributed by atoms with Crippen LogP contribution in [0.25, 0.3) is 0 Å². The molecule has 3 rings (SSSR count). The Balaban J connectivity index is 2.00. The van der Waals surface area contributed by atoms with Gasteiger partial charge in [0.05, 0.1) is 10.7 Å². The first-order valence-corrected chi connectivity index (χ1v) is 8.17. The van der Waals surface area contributed by atoms with Crippen LogP contribution in [0, 0.1) is 0 Å². The lowest BCUT2D eigenvalue weighted by Gasteiger charge is -2.30. The van der Waals surface area contributed by atoms with Crippen LogP contribution in [-0.4, -0.2) is 22.2 Å². The average Bonchev–Trinajstić information content (AvgIpc) is 2.56. The number of aryl methyl sites for hydroxylation is 2. The van der Waals surface area contributed by atoms with Gasteiger partial charge in [-0.3, -0.25) is 9.59 Å². The van der Waals surface area contributed by atoms with E-state index in [-0.39, 0.29) is 17.2 Å². The van der Waals surface area contributed by atoms with Gasteiger partial charge in [0, 0.05) is 19.2 Å². The number of aromatic nitrogens is 2. The Kier molecular flexibility index (Phi) is 4.48. The zero-order valence-corrected chi connectivity index (χ0v) is 13.7. The Morgan fingerprint density at radius 1 is 1.30 bits per heavy atom. The Bertz CT molecular complexity index is 801. The van der Waals surface area contributed by atoms with Crippen molar-refractivity contribution in [3.63, 3.8) is 0 Å². The number of halogens is 1. The highest BCUT2D eigenvalue weighted by molar-refractivity contribution is 6.34. The van der Waals surface area contributed by atoms with Gasteiger partial charge in [-0.25, -0.2) is 4.68 Å². The minimum absolute atomic E-state index is 0.194. The van der Waals surface area contributed by atoms with Crippen LogP contribution in [0.4, 0.5) is 5.69 Å². The van der Waals surface area contributed by atoms with Crippen LogP contribution in [0.1, 0.15) is 35.8 Å². The second kappa shape index (κ2) is 6.54. The van der Waals surface area contributed by atoms with Gasteiger partial charge >= 0.3 is 0 Å². The quantitative estimate of drug-likeness (QED) is 0.869. The summed E-state index contributed by atoms with van der Waals surface area (Å²) < 4.78 is 1.34. The maximum Gasteiger partial charge on any atom is 0.278 e. The Hall–Kier alpha value is -2.14. The van der Waals surface area contributed by atoms with Crippen molar-refractivity contribution in [2.45, 2.75) is 32.7 Å². The van der Waals surface area contributed by atoms with E-state index in [4.69, 9.17) is 11.6 Å². The molecule has 1 aliphatic rings. The second-order valence-electron chi connectivity index (χ2n) is 5.59. The summed E-state index contributed by atoms with van der Waals surface area (Å²) in [6, 6.07) is 8.56. The number of amides is 1. The van der Waals surface area contributed by atoms with E-state index in [2.05, 4.69) is 5.10 Å². The third kappa shape index (κ3) is 3.01. The fourth-order valence-corrected chi connectivity index (χ4v) is 3.18. The molecule has 0 fully saturated rings. The lowest BCUT2D eigenvalue weighted by molar-refractivity contribution is 0.0977. The van der Waals surface area contributed by atoms with E-state index >= 15 is 0 Å². The molecule has 6 heteroatoms. The monoisotopic (exact) mass is 331 g/mol. The van der Waals surface area contributed by atoms with Crippen LogP contribution in [0.5, 0.6) is 0 Å². The van der Waals surface area contributed by atoms with Crippen molar-refractivity contribution in [3.05, 3.63) is 57.0 Å². The molecule has 0 aliphatic carbocycles. The predicted octanol–water partition coefficient (Wildman–Crippen LogP) is 2.90. The summed E-state index contributed by atoms with van der Waals surface area (Å²) in [4.78, 5) is 26.3. The van der Waals surface area contributed by atoms with Crippen molar-refractivity contribution < 1.29 is 4.79 Å². The highest BCUT2D eigenvalue weighted by Gasteiger charge is 2.26. The van der Waals surface area contributed by atoms with Gasteiger partial charge in [-0.2, -0.15) is 5.10 Å². The smallest absolute Gasteiger partial charge is 0.278 e. The van der Waals surface area contributed by atoms with Gasteiger partial charge < -0.3 is 4.90 Å². The van der Waals surface area contributed by atoms with Gasteiger partial charge in [-0.15, -0.1) is 0 Å². The van der Waals surface area contributed by atoms with Crippen LogP contribution >= 0.6 is 11.6 Å². The molecule has 0 bridgehead atoms. The number of rotatable bonds is 3. The molecule has 1 aliphatic heterocycles. The highest BCUT2D eigenvalue weighted by atomic mass is 35.5. The first-order valence-electron chi connectivity index (χ1n) is 7.79. The van der Waals surface area contributed by atoms with E-state index in [1.165, 1.54) is 16.8 Å². The lowest BCUT2D eigenvalue weighted by Crippen LogP contribution is -2.37. The number of hydrogen-bond donors (Lipinski definition) is 0. The molecule has 1 aromatic carbocycles. The number of anilines is 1. The summed E-state index contributed by atoms with van der Waals surface area (Å²) in [6.45, 7) is 3.06. The van der Waals surface area contributed by atoms with E-state index in [1.54, 1.807) is 11.0 Å². The van der Waals surface area contributed by atoms with Crippen LogP contribution < -0.4 is 10.5 Å². The largest absolute Gasteiger partial charge is 0.305 e. The molecule has 0 radical (unpaired) electrons. The van der Waals surface area contributed by atoms with Crippen molar-refractivity contribution in [2.24, 2.45) is 0 Å². The summed E-state index contributed by atoms with van der Waals surface area (Å²) in [6.07, 6.45) is 2.57. The first kappa shape index (κ1) is 15.7. The van der Waals surface area contributed by atoms with Crippen LogP contribution in [0.3, 0.4) is 0 Å². The van der Waals surface area contributed by atoms with E-state index in [1.807, 2.05) is 19.1 Å². The Labute approximate surface area is 139 Å². The topological polar surface area (TPSA) is 55.2 Å². The van der Waals surface area contributed by atoms with Crippen molar-refractivity contribution >= 4 is 23.2 Å². The van der Waals surface area contributed by atoms with Gasteiger partial charge in [0.1, 0.15) is 5.69 Å². The number of para-hydroxylation sites is 1. The van der Waals surface area contributed by atoms with Crippen molar-refractivity contribution in [3.8, 4) is 0 Å². The number of carbonyl (C=O) groups excluding carboxylic acids is 1. The van der Waals surface area contributed by atoms with E-state index in [0.29, 0.717) is 18.1 Å². The average molecular weight is 332 g/mol. The molecule has 0 atom stereocenters. The van der Waals surface area contributed by atoms with Crippen molar-refractivity contribution in [1.82, 2.24) is 9.78 Å². The molecule has 1 aromatic heterocycles. The van der Waals surface area contributed by atoms with Crippen molar-refractivity contribution in [1.29, 1.82) is 0 Å². The lowest BCUT2D eigenvalue weighted by atomic mass is 10.0. The maximum atomic E-state index is 12.9. The fraction of sp³-hybridized carbons (Fsp3) is 0.353. The molecule has 2 heterocycles. The highest BCUT2D eigenvalue weighted by Crippen LogP contribution is 2.34. The van der Waals surface area contributed by atoms with Crippen LogP contribution in [0.2, 0.25) is 5.02 Å². The molecule has 2 aromatic rings. The summed E-state index contributed by atoms with van der Waals surface area (Å²) in [5, 5.41) is 4.78. The van der Waals surface area contributed by atoms with Gasteiger partial charge in [0.15, 0.2) is 0 Å². The molecule has 0 spiro atoms. The molecule has 0 N–H and O–H groups in total. The first-order chi connectivity index (χ1) is 11.1. The van der Waals surface area contributed by atoms with Crippen LogP contribution in [0.15, 0.2) is 35.1 Å². The number of nitrogens with zero attached hydrogens (tertiary/aromatic N) is 3. The summed E-state index contributed by atoms with van der Waals surface area (Å²) >= 11 is 6.31. The third-order valence-electron chi connectivity index (χ3n) is 3.93. The molecule has 0 saturated carbocycles. The van der Waals surface area contributed by atoms with Crippen LogP contribution in [-0.2, 0) is 13.0 Å². The molecule has 5 nitrogen and oxygen atoms in total. The maximum absolute atomic E-state index is 12.9. The molecular formula is C17H18ClN3O2. The molecule has 23 heavy (non-hydrogen) atoms. The minimum Gasteiger partial charge on any atom is -0.305 e. The Morgan fingerprint density at radius 2 is 2.13 bits per heavy atom. The van der Waals surface area contributed by atoms with Gasteiger partial charge in [-0.1, -0.05) is 30.7 Å². The van der Waals surface area contributed by atoms with Gasteiger partial charge in [0.25, 0.3) is 11.5 Å². The summed E-state index contributed by atoms with van der Waals surface area (Å²) in [5.74, 6) is -0.219. The molecule has 120 valence electrons. The number of fused-ring (bicyclic) bond motifs is 1. The second-order valence-corrected chi connectivity index (χ2v) is 6.00. The fourth-order valence-electron chi connectivity index (χ4n) is 2.88.